The van der Waals surface area contributed by atoms with Crippen molar-refractivity contribution in [2.75, 3.05) is 5.73 Å². The van der Waals surface area contributed by atoms with Crippen LogP contribution in [0.25, 0.3) is 0 Å². The number of hydrogen-bond acceptors (Lipinski definition) is 5. The van der Waals surface area contributed by atoms with Crippen molar-refractivity contribution in [2.24, 2.45) is 0 Å². The molecular weight excluding hydrogens is 246 g/mol. The van der Waals surface area contributed by atoms with E-state index in [1.54, 1.807) is 18.5 Å². The summed E-state index contributed by atoms with van der Waals surface area (Å²) in [7, 11) is 0. The monoisotopic (exact) mass is 255 g/mol. The molecule has 0 bridgehead atoms. The third-order valence-corrected chi connectivity index (χ3v) is 3.35. The molecule has 0 aromatic carbocycles. The molecule has 0 aliphatic heterocycles. The molecule has 1 unspecified atom stereocenters. The van der Waals surface area contributed by atoms with Gasteiger partial charge in [-0.2, -0.15) is 0 Å². The van der Waals surface area contributed by atoms with Gasteiger partial charge in [0.05, 0.1) is 6.20 Å². The molecule has 2 rings (SSSR count). The van der Waals surface area contributed by atoms with E-state index < -0.39 is 6.10 Å². The number of hydrogen-bond donors (Lipinski definition) is 2. The zero-order valence-corrected chi connectivity index (χ0v) is 9.87. The number of rotatable bonds is 3. The van der Waals surface area contributed by atoms with Crippen molar-refractivity contribution in [3.63, 3.8) is 0 Å². The Morgan fingerprint density at radius 3 is 2.94 bits per heavy atom. The Hall–Kier alpha value is -1.17. The van der Waals surface area contributed by atoms with Crippen LogP contribution in [0.15, 0.2) is 24.7 Å². The standard InChI is InChI=1S/C10H10ClN3OS/c11-9-5-14-10(16-9)8(15)3-6-4-13-2-1-7(6)12/h1-2,4-5,8,15H,3H2,(H2,12,13). The number of anilines is 1. The third kappa shape index (κ3) is 2.49. The zero-order valence-electron chi connectivity index (χ0n) is 8.30. The first kappa shape index (κ1) is 11.3. The minimum absolute atomic E-state index is 0.392. The molecule has 4 nitrogen and oxygen atoms in total. The summed E-state index contributed by atoms with van der Waals surface area (Å²) in [5.41, 5.74) is 7.19. The molecular formula is C10H10ClN3OS. The zero-order chi connectivity index (χ0) is 11.5. The van der Waals surface area contributed by atoms with E-state index in [0.29, 0.717) is 21.5 Å². The average Bonchev–Trinajstić information content (AvgIpc) is 2.68. The summed E-state index contributed by atoms with van der Waals surface area (Å²) in [5.74, 6) is 0. The van der Waals surface area contributed by atoms with Crippen LogP contribution in [-0.2, 0) is 6.42 Å². The Balaban J connectivity index is 2.13. The SMILES string of the molecule is Nc1ccncc1CC(O)c1ncc(Cl)s1. The molecule has 0 saturated carbocycles. The molecule has 0 saturated heterocycles. The topological polar surface area (TPSA) is 72.0 Å². The highest BCUT2D eigenvalue weighted by Crippen LogP contribution is 2.27. The number of aromatic nitrogens is 2. The molecule has 84 valence electrons. The maximum absolute atomic E-state index is 9.92. The third-order valence-electron chi connectivity index (χ3n) is 2.14. The van der Waals surface area contributed by atoms with Crippen molar-refractivity contribution in [1.29, 1.82) is 0 Å². The van der Waals surface area contributed by atoms with Crippen molar-refractivity contribution in [1.82, 2.24) is 9.97 Å². The Kier molecular flexibility index (Phi) is 3.38. The lowest BCUT2D eigenvalue weighted by molar-refractivity contribution is 0.178. The van der Waals surface area contributed by atoms with Crippen LogP contribution in [0.3, 0.4) is 0 Å². The minimum atomic E-state index is -0.691. The summed E-state index contributed by atoms with van der Waals surface area (Å²) in [4.78, 5) is 7.98. The van der Waals surface area contributed by atoms with E-state index in [9.17, 15) is 5.11 Å². The number of nitrogens with two attached hydrogens (primary N) is 1. The molecule has 1 atom stereocenters. The van der Waals surface area contributed by atoms with Crippen molar-refractivity contribution in [3.8, 4) is 0 Å². The van der Waals surface area contributed by atoms with Gasteiger partial charge in [-0.05, 0) is 11.6 Å². The van der Waals surface area contributed by atoms with Gasteiger partial charge in [-0.25, -0.2) is 4.98 Å². The Morgan fingerprint density at radius 1 is 1.50 bits per heavy atom. The van der Waals surface area contributed by atoms with Gasteiger partial charge >= 0.3 is 0 Å². The maximum Gasteiger partial charge on any atom is 0.123 e. The van der Waals surface area contributed by atoms with E-state index in [1.165, 1.54) is 17.5 Å². The highest BCUT2D eigenvalue weighted by molar-refractivity contribution is 7.15. The van der Waals surface area contributed by atoms with Crippen molar-refractivity contribution >= 4 is 28.6 Å². The normalized spacial score (nSPS) is 12.6. The first-order valence-electron chi connectivity index (χ1n) is 4.64. The molecule has 2 aromatic heterocycles. The van der Waals surface area contributed by atoms with Gasteiger partial charge in [-0.3, -0.25) is 4.98 Å². The Morgan fingerprint density at radius 2 is 2.31 bits per heavy atom. The molecule has 3 N–H and O–H groups in total. The number of thiazole rings is 1. The van der Waals surface area contributed by atoms with Crippen LogP contribution < -0.4 is 5.73 Å². The van der Waals surface area contributed by atoms with E-state index in [0.717, 1.165) is 5.56 Å². The summed E-state index contributed by atoms with van der Waals surface area (Å²) in [6, 6.07) is 1.71. The van der Waals surface area contributed by atoms with Crippen LogP contribution in [0, 0.1) is 0 Å². The number of nitrogen functional groups attached to an aromatic ring is 1. The molecule has 2 heterocycles. The van der Waals surface area contributed by atoms with Gasteiger partial charge in [0.15, 0.2) is 0 Å². The number of aliphatic hydroxyl groups excluding tert-OH is 1. The van der Waals surface area contributed by atoms with Crippen LogP contribution in [0.2, 0.25) is 4.34 Å². The molecule has 0 fully saturated rings. The van der Waals surface area contributed by atoms with Crippen LogP contribution in [-0.4, -0.2) is 15.1 Å². The molecule has 0 radical (unpaired) electrons. The van der Waals surface area contributed by atoms with Crippen molar-refractivity contribution < 1.29 is 5.11 Å². The predicted octanol–water partition coefficient (Wildman–Crippen LogP) is 2.05. The maximum atomic E-state index is 9.92. The summed E-state index contributed by atoms with van der Waals surface area (Å²) >= 11 is 7.01. The smallest absolute Gasteiger partial charge is 0.123 e. The number of pyridine rings is 1. The summed E-state index contributed by atoms with van der Waals surface area (Å²) in [6.07, 6.45) is 4.49. The van der Waals surface area contributed by atoms with Crippen molar-refractivity contribution in [3.05, 3.63) is 39.6 Å². The second kappa shape index (κ2) is 4.78. The van der Waals surface area contributed by atoms with Crippen molar-refractivity contribution in [2.45, 2.75) is 12.5 Å². The fraction of sp³-hybridized carbons (Fsp3) is 0.200. The average molecular weight is 256 g/mol. The first-order chi connectivity index (χ1) is 7.66. The molecule has 0 aliphatic rings. The van der Waals surface area contributed by atoms with Crippen LogP contribution in [0.5, 0.6) is 0 Å². The number of aliphatic hydroxyl groups is 1. The molecule has 6 heteroatoms. The molecule has 0 amide bonds. The molecule has 0 aliphatic carbocycles. The highest BCUT2D eigenvalue weighted by atomic mass is 35.5. The van der Waals surface area contributed by atoms with Crippen LogP contribution in [0.1, 0.15) is 16.7 Å². The summed E-state index contributed by atoms with van der Waals surface area (Å²) in [6.45, 7) is 0. The van der Waals surface area contributed by atoms with Crippen LogP contribution >= 0.6 is 22.9 Å². The largest absolute Gasteiger partial charge is 0.398 e. The molecule has 0 spiro atoms. The van der Waals surface area contributed by atoms with Gasteiger partial charge in [0.25, 0.3) is 0 Å². The van der Waals surface area contributed by atoms with Gasteiger partial charge in [0, 0.05) is 24.5 Å². The van der Waals surface area contributed by atoms with Gasteiger partial charge in [-0.15, -0.1) is 11.3 Å². The van der Waals surface area contributed by atoms with E-state index >= 15 is 0 Å². The number of halogens is 1. The molecule has 16 heavy (non-hydrogen) atoms. The first-order valence-corrected chi connectivity index (χ1v) is 5.84. The second-order valence-electron chi connectivity index (χ2n) is 3.30. The Bertz CT molecular complexity index is 488. The fourth-order valence-electron chi connectivity index (χ4n) is 1.33. The summed E-state index contributed by atoms with van der Waals surface area (Å²) in [5, 5.41) is 10.5. The summed E-state index contributed by atoms with van der Waals surface area (Å²) < 4.78 is 0.563. The van der Waals surface area contributed by atoms with Gasteiger partial charge < -0.3 is 10.8 Å². The van der Waals surface area contributed by atoms with E-state index in [4.69, 9.17) is 17.3 Å². The lowest BCUT2D eigenvalue weighted by atomic mass is 10.1. The molecule has 2 aromatic rings. The van der Waals surface area contributed by atoms with E-state index in [2.05, 4.69) is 9.97 Å². The highest BCUT2D eigenvalue weighted by Gasteiger charge is 2.14. The van der Waals surface area contributed by atoms with Gasteiger partial charge in [0.1, 0.15) is 15.4 Å². The van der Waals surface area contributed by atoms with E-state index in [1.807, 2.05) is 0 Å². The minimum Gasteiger partial charge on any atom is -0.398 e. The lowest BCUT2D eigenvalue weighted by Crippen LogP contribution is -2.04. The van der Waals surface area contributed by atoms with E-state index in [-0.39, 0.29) is 0 Å². The second-order valence-corrected chi connectivity index (χ2v) is 4.99. The lowest BCUT2D eigenvalue weighted by Gasteiger charge is -2.08. The Labute approximate surface area is 102 Å². The fourth-order valence-corrected chi connectivity index (χ4v) is 2.24. The predicted molar refractivity (Wildman–Crippen MR) is 64.4 cm³/mol. The quantitative estimate of drug-likeness (QED) is 0.881. The van der Waals surface area contributed by atoms with Gasteiger partial charge in [-0.1, -0.05) is 11.6 Å². The van der Waals surface area contributed by atoms with Crippen LogP contribution in [0.4, 0.5) is 5.69 Å². The van der Waals surface area contributed by atoms with Gasteiger partial charge in [0.2, 0.25) is 0 Å². The number of nitrogens with zero attached hydrogens (tertiary/aromatic N) is 2.